The van der Waals surface area contributed by atoms with E-state index in [9.17, 15) is 18.4 Å². The molecule has 7 nitrogen and oxygen atoms in total. The molecule has 0 spiro atoms. The van der Waals surface area contributed by atoms with Crippen molar-refractivity contribution in [2.75, 3.05) is 19.6 Å². The number of piperidine rings is 1. The average Bonchev–Trinajstić information content (AvgIpc) is 3.56. The number of alkyl halides is 2. The van der Waals surface area contributed by atoms with Crippen LogP contribution in [-0.2, 0) is 17.9 Å². The van der Waals surface area contributed by atoms with Crippen molar-refractivity contribution in [3.8, 4) is 0 Å². The molecule has 3 aromatic heterocycles. The van der Waals surface area contributed by atoms with E-state index in [0.717, 1.165) is 22.4 Å². The number of carbonyl (C=O) groups excluding carboxylic acids is 2. The van der Waals surface area contributed by atoms with Crippen molar-refractivity contribution in [2.45, 2.75) is 44.7 Å². The highest BCUT2D eigenvalue weighted by Gasteiger charge is 2.39. The predicted octanol–water partition coefficient (Wildman–Crippen LogP) is 5.37. The Morgan fingerprint density at radius 2 is 1.92 bits per heavy atom. The highest BCUT2D eigenvalue weighted by Crippen LogP contribution is 2.42. The van der Waals surface area contributed by atoms with Gasteiger partial charge >= 0.3 is 6.03 Å². The average molecular weight is 534 g/mol. The first kappa shape index (κ1) is 24.0. The Bertz CT molecular complexity index is 1700. The second-order valence-electron chi connectivity index (χ2n) is 10.6. The van der Waals surface area contributed by atoms with Gasteiger partial charge in [0.15, 0.2) is 5.78 Å². The Morgan fingerprint density at radius 3 is 2.77 bits per heavy atom. The number of aromatic nitrogens is 3. The fraction of sp³-hybridized carbons (Fsp3) is 0.345. The molecule has 0 atom stereocenters. The van der Waals surface area contributed by atoms with Crippen LogP contribution in [0.25, 0.3) is 27.7 Å². The summed E-state index contributed by atoms with van der Waals surface area (Å²) < 4.78 is 47.0. The lowest BCUT2D eigenvalue weighted by Crippen LogP contribution is -2.51. The summed E-state index contributed by atoms with van der Waals surface area (Å²) in [6, 6.07) is 8.10. The van der Waals surface area contributed by atoms with Gasteiger partial charge in [0, 0.05) is 67.9 Å². The molecular formula is C29H26F3N5O2. The van der Waals surface area contributed by atoms with E-state index >= 15 is 4.39 Å². The van der Waals surface area contributed by atoms with Crippen LogP contribution in [0.3, 0.4) is 0 Å². The van der Waals surface area contributed by atoms with Gasteiger partial charge in [0.2, 0.25) is 0 Å². The summed E-state index contributed by atoms with van der Waals surface area (Å²) in [4.78, 5) is 33.7. The highest BCUT2D eigenvalue weighted by atomic mass is 19.3. The zero-order valence-corrected chi connectivity index (χ0v) is 21.2. The summed E-state index contributed by atoms with van der Waals surface area (Å²) >= 11 is 0. The number of allylic oxidation sites excluding steroid dienone is 2. The van der Waals surface area contributed by atoms with Crippen LogP contribution in [0, 0.1) is 5.82 Å². The van der Waals surface area contributed by atoms with Gasteiger partial charge in [0.1, 0.15) is 11.5 Å². The number of rotatable bonds is 2. The number of likely N-dealkylation sites (tertiary alicyclic amines) is 1. The van der Waals surface area contributed by atoms with Gasteiger partial charge in [-0.25, -0.2) is 22.9 Å². The van der Waals surface area contributed by atoms with Crippen molar-refractivity contribution in [3.63, 3.8) is 0 Å². The fourth-order valence-electron chi connectivity index (χ4n) is 6.37. The van der Waals surface area contributed by atoms with Crippen LogP contribution in [0.15, 0.2) is 48.9 Å². The highest BCUT2D eigenvalue weighted by molar-refractivity contribution is 6.33. The Hall–Kier alpha value is -4.08. The van der Waals surface area contributed by atoms with E-state index in [4.69, 9.17) is 0 Å². The Balaban J connectivity index is 1.31. The fourth-order valence-corrected chi connectivity index (χ4v) is 6.37. The largest absolute Gasteiger partial charge is 0.345 e. The lowest BCUT2D eigenvalue weighted by molar-refractivity contribution is -0.113. The number of benzene rings is 1. The zero-order chi connectivity index (χ0) is 26.9. The summed E-state index contributed by atoms with van der Waals surface area (Å²) in [5.41, 5.74) is 5.09. The minimum Gasteiger partial charge on any atom is -0.345 e. The summed E-state index contributed by atoms with van der Waals surface area (Å²) in [5.74, 6) is -3.37. The number of hydrogen-bond donors (Lipinski definition) is 0. The molecule has 39 heavy (non-hydrogen) atoms. The van der Waals surface area contributed by atoms with Crippen molar-refractivity contribution in [1.29, 1.82) is 0 Å². The zero-order valence-electron chi connectivity index (χ0n) is 21.2. The van der Waals surface area contributed by atoms with Crippen LogP contribution in [0.1, 0.15) is 42.5 Å². The van der Waals surface area contributed by atoms with E-state index in [1.807, 2.05) is 39.6 Å². The molecule has 2 aliphatic heterocycles. The van der Waals surface area contributed by atoms with Gasteiger partial charge in [-0.2, -0.15) is 0 Å². The number of Topliss-reactive ketones (excluding diaryl/α,β-unsaturated/α-hetero) is 1. The van der Waals surface area contributed by atoms with Crippen LogP contribution < -0.4 is 0 Å². The van der Waals surface area contributed by atoms with E-state index in [1.54, 1.807) is 6.20 Å². The third-order valence-electron chi connectivity index (χ3n) is 8.10. The molecule has 0 bridgehead atoms. The molecule has 200 valence electrons. The number of amides is 2. The molecule has 0 N–H and O–H groups in total. The minimum atomic E-state index is -2.90. The van der Waals surface area contributed by atoms with Crippen LogP contribution in [-0.4, -0.2) is 61.1 Å². The van der Waals surface area contributed by atoms with Gasteiger partial charge in [0.25, 0.3) is 5.92 Å². The first-order valence-corrected chi connectivity index (χ1v) is 13.2. The number of hydrogen-bond acceptors (Lipinski definition) is 3. The standard InChI is InChI=1S/C29H26F3N5O2/c30-19-12-18-15-35(28(39)36-8-3-7-29(31,32)17-36)11-10-34-16-22(21(13-19)27(18)34)26-20(5-6-24(26)38)23-14-33-25-4-1-2-9-37(23)25/h1-2,4,9,12-14,16H,3,5-8,10-11,15,17H2. The van der Waals surface area contributed by atoms with Crippen LogP contribution in [0.2, 0.25) is 0 Å². The maximum absolute atomic E-state index is 15.0. The van der Waals surface area contributed by atoms with Gasteiger partial charge in [-0.05, 0) is 48.2 Å². The smallest absolute Gasteiger partial charge is 0.320 e. The van der Waals surface area contributed by atoms with E-state index < -0.39 is 24.3 Å². The molecule has 5 heterocycles. The van der Waals surface area contributed by atoms with Crippen molar-refractivity contribution >= 4 is 39.5 Å². The number of fused-ring (bicyclic) bond motifs is 1. The number of carbonyl (C=O) groups is 2. The first-order chi connectivity index (χ1) is 18.8. The van der Waals surface area contributed by atoms with Crippen LogP contribution in [0.5, 0.6) is 0 Å². The Labute approximate surface area is 222 Å². The van der Waals surface area contributed by atoms with E-state index in [0.29, 0.717) is 41.5 Å². The summed E-state index contributed by atoms with van der Waals surface area (Å²) in [5, 5.41) is 0.611. The summed E-state index contributed by atoms with van der Waals surface area (Å²) in [7, 11) is 0. The maximum Gasteiger partial charge on any atom is 0.320 e. The lowest BCUT2D eigenvalue weighted by Gasteiger charge is -2.36. The third kappa shape index (κ3) is 3.92. The topological polar surface area (TPSA) is 62.9 Å². The first-order valence-electron chi connectivity index (χ1n) is 13.2. The molecule has 1 fully saturated rings. The molecule has 1 aromatic carbocycles. The normalized spacial score (nSPS) is 19.4. The van der Waals surface area contributed by atoms with E-state index in [-0.39, 0.29) is 38.3 Å². The number of nitrogens with zero attached hydrogens (tertiary/aromatic N) is 5. The number of ketones is 1. The van der Waals surface area contributed by atoms with Gasteiger partial charge in [0.05, 0.1) is 24.0 Å². The Kier molecular flexibility index (Phi) is 5.37. The Morgan fingerprint density at radius 1 is 1.05 bits per heavy atom. The van der Waals surface area contributed by atoms with Gasteiger partial charge < -0.3 is 14.4 Å². The number of imidazole rings is 1. The SMILES string of the molecule is O=C1CCC(c2cnc3ccccn23)=C1c1cn2c3c(cc(F)cc13)CN(C(=O)N1CCCC(F)(F)C1)CC2. The van der Waals surface area contributed by atoms with Crippen LogP contribution >= 0.6 is 0 Å². The quantitative estimate of drug-likeness (QED) is 0.348. The lowest BCUT2D eigenvalue weighted by atomic mass is 9.98. The monoisotopic (exact) mass is 533 g/mol. The van der Waals surface area contributed by atoms with Crippen molar-refractivity contribution in [3.05, 3.63) is 71.6 Å². The molecule has 4 aromatic rings. The van der Waals surface area contributed by atoms with E-state index in [1.165, 1.54) is 21.9 Å². The van der Waals surface area contributed by atoms with Gasteiger partial charge in [-0.1, -0.05) is 6.07 Å². The third-order valence-corrected chi connectivity index (χ3v) is 8.10. The maximum atomic E-state index is 15.0. The molecule has 3 aliphatic rings. The number of halogens is 3. The molecule has 1 saturated heterocycles. The van der Waals surface area contributed by atoms with Gasteiger partial charge in [-0.15, -0.1) is 0 Å². The molecule has 0 saturated carbocycles. The molecule has 10 heteroatoms. The molecule has 2 amide bonds. The van der Waals surface area contributed by atoms with Crippen molar-refractivity contribution in [2.24, 2.45) is 0 Å². The molecule has 7 rings (SSSR count). The molecular weight excluding hydrogens is 507 g/mol. The van der Waals surface area contributed by atoms with Crippen LogP contribution in [0.4, 0.5) is 18.0 Å². The van der Waals surface area contributed by atoms with Gasteiger partial charge in [-0.3, -0.25) is 9.20 Å². The molecule has 0 radical (unpaired) electrons. The minimum absolute atomic E-state index is 0.000586. The summed E-state index contributed by atoms with van der Waals surface area (Å²) in [6.07, 6.45) is 6.51. The van der Waals surface area contributed by atoms with Crippen molar-refractivity contribution < 1.29 is 22.8 Å². The van der Waals surface area contributed by atoms with Crippen molar-refractivity contribution in [1.82, 2.24) is 23.8 Å². The summed E-state index contributed by atoms with van der Waals surface area (Å²) in [6.45, 7) is 0.471. The number of urea groups is 1. The number of pyridine rings is 1. The second kappa shape index (κ2) is 8.72. The predicted molar refractivity (Wildman–Crippen MR) is 140 cm³/mol. The second-order valence-corrected chi connectivity index (χ2v) is 10.6. The molecule has 1 aliphatic carbocycles. The molecule has 0 unspecified atom stereocenters. The van der Waals surface area contributed by atoms with E-state index in [2.05, 4.69) is 4.98 Å².